The average Bonchev–Trinajstić information content (AvgIpc) is 3.14. The van der Waals surface area contributed by atoms with Gasteiger partial charge >= 0.3 is 0 Å². The van der Waals surface area contributed by atoms with Crippen LogP contribution in [0.1, 0.15) is 22.3 Å². The van der Waals surface area contributed by atoms with Gasteiger partial charge in [0.05, 0.1) is 13.3 Å². The number of aryl methyl sites for hydroxylation is 2. The number of thioether (sulfide) groups is 1. The predicted octanol–water partition coefficient (Wildman–Crippen LogP) is 4.09. The second-order valence-corrected chi connectivity index (χ2v) is 6.81. The highest BCUT2D eigenvalue weighted by atomic mass is 32.2. The molecule has 0 aliphatic heterocycles. The molecule has 7 heteroatoms. The summed E-state index contributed by atoms with van der Waals surface area (Å²) in [6, 6.07) is 12.1. The first kappa shape index (κ1) is 19.0. The van der Waals surface area contributed by atoms with E-state index in [1.54, 1.807) is 24.3 Å². The molecule has 2 aromatic carbocycles. The number of benzene rings is 2. The molecule has 0 saturated heterocycles. The minimum Gasteiger partial charge on any atom is -0.496 e. The molecule has 140 valence electrons. The van der Waals surface area contributed by atoms with E-state index >= 15 is 0 Å². The van der Waals surface area contributed by atoms with E-state index < -0.39 is 0 Å². The fourth-order valence-electron chi connectivity index (χ4n) is 2.57. The minimum absolute atomic E-state index is 0.415. The highest BCUT2D eigenvalue weighted by Gasteiger charge is 2.07. The lowest BCUT2D eigenvalue weighted by Crippen LogP contribution is -2.01. The Kier molecular flexibility index (Phi) is 6.13. The second-order valence-electron chi connectivity index (χ2n) is 6.04. The Hall–Kier alpha value is -2.80. The van der Waals surface area contributed by atoms with Crippen LogP contribution in [0.2, 0.25) is 0 Å². The van der Waals surface area contributed by atoms with Gasteiger partial charge in [-0.2, -0.15) is 9.78 Å². The lowest BCUT2D eigenvalue weighted by molar-refractivity contribution is 0.294. The van der Waals surface area contributed by atoms with Crippen LogP contribution in [0, 0.1) is 13.8 Å². The normalized spacial score (nSPS) is 11.1. The molecule has 0 saturated carbocycles. The molecule has 0 unspecified atom stereocenters. The van der Waals surface area contributed by atoms with Gasteiger partial charge in [-0.1, -0.05) is 23.9 Å². The SMILES string of the molecule is COc1ccc(/C=N\n2cnnc2SC)cc1COc1cc(C)ccc1C. The van der Waals surface area contributed by atoms with Gasteiger partial charge in [-0.3, -0.25) is 0 Å². The van der Waals surface area contributed by atoms with Gasteiger partial charge < -0.3 is 9.47 Å². The average molecular weight is 382 g/mol. The van der Waals surface area contributed by atoms with Crippen molar-refractivity contribution in [1.82, 2.24) is 14.9 Å². The number of nitrogens with zero attached hydrogens (tertiary/aromatic N) is 4. The summed E-state index contributed by atoms with van der Waals surface area (Å²) in [4.78, 5) is 0. The summed E-state index contributed by atoms with van der Waals surface area (Å²) in [5, 5.41) is 13.0. The third kappa shape index (κ3) is 4.68. The molecular formula is C20H22N4O2S. The monoisotopic (exact) mass is 382 g/mol. The fourth-order valence-corrected chi connectivity index (χ4v) is 2.98. The predicted molar refractivity (Wildman–Crippen MR) is 108 cm³/mol. The third-order valence-electron chi connectivity index (χ3n) is 4.05. The van der Waals surface area contributed by atoms with E-state index in [9.17, 15) is 0 Å². The molecule has 0 radical (unpaired) electrons. The Labute approximate surface area is 163 Å². The van der Waals surface area contributed by atoms with E-state index in [1.807, 2.05) is 37.4 Å². The van der Waals surface area contributed by atoms with Crippen LogP contribution in [0.25, 0.3) is 0 Å². The van der Waals surface area contributed by atoms with Crippen LogP contribution in [-0.4, -0.2) is 34.5 Å². The molecule has 0 amide bonds. The number of hydrogen-bond donors (Lipinski definition) is 0. The van der Waals surface area contributed by atoms with Crippen molar-refractivity contribution >= 4 is 18.0 Å². The quantitative estimate of drug-likeness (QED) is 0.455. The topological polar surface area (TPSA) is 61.5 Å². The summed E-state index contributed by atoms with van der Waals surface area (Å²) in [5.74, 6) is 1.66. The first-order valence-corrected chi connectivity index (χ1v) is 9.68. The van der Waals surface area contributed by atoms with Crippen molar-refractivity contribution in [1.29, 1.82) is 0 Å². The second kappa shape index (κ2) is 8.73. The van der Waals surface area contributed by atoms with Crippen molar-refractivity contribution in [2.75, 3.05) is 13.4 Å². The first-order valence-electron chi connectivity index (χ1n) is 8.46. The summed E-state index contributed by atoms with van der Waals surface area (Å²) in [6.07, 6.45) is 5.28. The smallest absolute Gasteiger partial charge is 0.211 e. The summed E-state index contributed by atoms with van der Waals surface area (Å²) in [5.41, 5.74) is 4.17. The van der Waals surface area contributed by atoms with Gasteiger partial charge in [0.15, 0.2) is 0 Å². The maximum Gasteiger partial charge on any atom is 0.211 e. The van der Waals surface area contributed by atoms with Crippen LogP contribution in [0.4, 0.5) is 0 Å². The molecule has 0 aliphatic carbocycles. The fraction of sp³-hybridized carbons (Fsp3) is 0.250. The third-order valence-corrected chi connectivity index (χ3v) is 4.68. The molecule has 1 aromatic heterocycles. The van der Waals surface area contributed by atoms with Gasteiger partial charge in [-0.15, -0.1) is 10.2 Å². The zero-order valence-corrected chi connectivity index (χ0v) is 16.7. The number of ether oxygens (including phenoxy) is 2. The van der Waals surface area contributed by atoms with Crippen LogP contribution in [0.3, 0.4) is 0 Å². The maximum absolute atomic E-state index is 6.04. The van der Waals surface area contributed by atoms with E-state index in [4.69, 9.17) is 9.47 Å². The molecule has 27 heavy (non-hydrogen) atoms. The Morgan fingerprint density at radius 3 is 2.78 bits per heavy atom. The van der Waals surface area contributed by atoms with Gasteiger partial charge in [-0.25, -0.2) is 0 Å². The summed E-state index contributed by atoms with van der Waals surface area (Å²) < 4.78 is 13.2. The van der Waals surface area contributed by atoms with E-state index in [2.05, 4.69) is 34.4 Å². The number of methoxy groups -OCH3 is 1. The lowest BCUT2D eigenvalue weighted by Gasteiger charge is -2.13. The Morgan fingerprint density at radius 1 is 1.15 bits per heavy atom. The summed E-state index contributed by atoms with van der Waals surface area (Å²) in [6.45, 7) is 4.51. The number of hydrogen-bond acceptors (Lipinski definition) is 6. The van der Waals surface area contributed by atoms with Crippen LogP contribution in [0.15, 0.2) is 53.0 Å². The highest BCUT2D eigenvalue weighted by Crippen LogP contribution is 2.24. The molecule has 0 fully saturated rings. The largest absolute Gasteiger partial charge is 0.496 e. The zero-order valence-electron chi connectivity index (χ0n) is 15.8. The van der Waals surface area contributed by atoms with Gasteiger partial charge in [0.2, 0.25) is 5.16 Å². The summed E-state index contributed by atoms with van der Waals surface area (Å²) >= 11 is 1.49. The van der Waals surface area contributed by atoms with Gasteiger partial charge in [0.1, 0.15) is 24.4 Å². The van der Waals surface area contributed by atoms with Crippen LogP contribution < -0.4 is 9.47 Å². The molecule has 3 aromatic rings. The Bertz CT molecular complexity index is 953. The van der Waals surface area contributed by atoms with E-state index in [0.717, 1.165) is 33.3 Å². The van der Waals surface area contributed by atoms with Gasteiger partial charge in [-0.05, 0) is 61.1 Å². The van der Waals surface area contributed by atoms with Crippen molar-refractivity contribution in [3.8, 4) is 11.5 Å². The van der Waals surface area contributed by atoms with Crippen molar-refractivity contribution in [3.05, 3.63) is 65.0 Å². The minimum atomic E-state index is 0.415. The first-order chi connectivity index (χ1) is 13.1. The van der Waals surface area contributed by atoms with Crippen molar-refractivity contribution in [2.24, 2.45) is 5.10 Å². The molecule has 0 spiro atoms. The van der Waals surface area contributed by atoms with Crippen LogP contribution >= 0.6 is 11.8 Å². The molecule has 0 bridgehead atoms. The van der Waals surface area contributed by atoms with Crippen LogP contribution in [-0.2, 0) is 6.61 Å². The standard InChI is InChI=1S/C20H22N4O2S/c1-14-5-6-15(2)19(9-14)26-12-17-10-16(7-8-18(17)25-3)11-22-24-13-21-23-20(24)27-4/h5-11,13H,12H2,1-4H3/b22-11-. The van der Waals surface area contributed by atoms with Crippen molar-refractivity contribution < 1.29 is 9.47 Å². The van der Waals surface area contributed by atoms with Gasteiger partial charge in [0.25, 0.3) is 0 Å². The molecular weight excluding hydrogens is 360 g/mol. The zero-order chi connectivity index (χ0) is 19.2. The number of aromatic nitrogens is 3. The molecule has 1 heterocycles. The Balaban J connectivity index is 1.80. The molecule has 0 N–H and O–H groups in total. The van der Waals surface area contributed by atoms with E-state index in [0.29, 0.717) is 6.61 Å². The molecule has 0 atom stereocenters. The number of rotatable bonds is 7. The van der Waals surface area contributed by atoms with E-state index in [-0.39, 0.29) is 0 Å². The van der Waals surface area contributed by atoms with Crippen molar-refractivity contribution in [3.63, 3.8) is 0 Å². The van der Waals surface area contributed by atoms with Crippen LogP contribution in [0.5, 0.6) is 11.5 Å². The van der Waals surface area contributed by atoms with E-state index in [1.165, 1.54) is 17.3 Å². The van der Waals surface area contributed by atoms with Crippen molar-refractivity contribution in [2.45, 2.75) is 25.6 Å². The summed E-state index contributed by atoms with van der Waals surface area (Å²) in [7, 11) is 1.66. The molecule has 3 rings (SSSR count). The Morgan fingerprint density at radius 2 is 2.00 bits per heavy atom. The lowest BCUT2D eigenvalue weighted by atomic mass is 10.1. The maximum atomic E-state index is 6.04. The molecule has 6 nitrogen and oxygen atoms in total. The van der Waals surface area contributed by atoms with Gasteiger partial charge in [0, 0.05) is 5.56 Å². The molecule has 0 aliphatic rings. The highest BCUT2D eigenvalue weighted by molar-refractivity contribution is 7.98.